The molecule has 0 aliphatic heterocycles. The molecule has 1 aromatic carbocycles. The van der Waals surface area contributed by atoms with Crippen molar-refractivity contribution in [2.45, 2.75) is 31.7 Å². The van der Waals surface area contributed by atoms with E-state index in [-0.39, 0.29) is 5.02 Å². The number of aromatic amines is 1. The van der Waals surface area contributed by atoms with Gasteiger partial charge in [-0.2, -0.15) is 5.10 Å². The predicted octanol–water partition coefficient (Wildman–Crippen LogP) is 3.74. The molecule has 1 saturated carbocycles. The third kappa shape index (κ3) is 3.12. The van der Waals surface area contributed by atoms with E-state index in [9.17, 15) is 4.39 Å². The minimum atomic E-state index is -0.503. The Kier molecular flexibility index (Phi) is 4.74. The summed E-state index contributed by atoms with van der Waals surface area (Å²) in [7, 11) is 0. The summed E-state index contributed by atoms with van der Waals surface area (Å²) in [5, 5.41) is 10.5. The molecule has 0 unspecified atom stereocenters. The first kappa shape index (κ1) is 17.2. The molecule has 26 heavy (non-hydrogen) atoms. The van der Waals surface area contributed by atoms with E-state index in [1.807, 2.05) is 0 Å². The van der Waals surface area contributed by atoms with Gasteiger partial charge in [0.25, 0.3) is 0 Å². The molecular formula is C18H20ClFN6. The van der Waals surface area contributed by atoms with Crippen LogP contribution in [0.25, 0.3) is 22.4 Å². The third-order valence-corrected chi connectivity index (χ3v) is 5.32. The van der Waals surface area contributed by atoms with Crippen LogP contribution >= 0.6 is 11.6 Å². The summed E-state index contributed by atoms with van der Waals surface area (Å²) >= 11 is 5.88. The Morgan fingerprint density at radius 3 is 3.00 bits per heavy atom. The maximum Gasteiger partial charge on any atom is 0.202 e. The van der Waals surface area contributed by atoms with Gasteiger partial charge >= 0.3 is 0 Å². The maximum atomic E-state index is 14.3. The highest BCUT2D eigenvalue weighted by Crippen LogP contribution is 2.31. The van der Waals surface area contributed by atoms with E-state index in [2.05, 4.69) is 25.5 Å². The fourth-order valence-electron chi connectivity index (χ4n) is 3.62. The summed E-state index contributed by atoms with van der Waals surface area (Å²) in [5.74, 6) is 0.598. The number of nitrogens with two attached hydrogens (primary N) is 1. The molecule has 4 N–H and O–H groups in total. The van der Waals surface area contributed by atoms with Gasteiger partial charge in [-0.3, -0.25) is 5.10 Å². The van der Waals surface area contributed by atoms with Gasteiger partial charge in [0.05, 0.1) is 16.9 Å². The number of fused-ring (bicyclic) bond motifs is 1. The van der Waals surface area contributed by atoms with Crippen LogP contribution in [-0.2, 0) is 0 Å². The van der Waals surface area contributed by atoms with Crippen molar-refractivity contribution >= 4 is 28.6 Å². The SMILES string of the molecule is NC[C@@H]1CCCC[C@@H]1Nc1cnc2c(-c3cccc(Cl)c3F)[nH]nc2n1. The van der Waals surface area contributed by atoms with Crippen LogP contribution in [0.4, 0.5) is 10.2 Å². The van der Waals surface area contributed by atoms with E-state index >= 15 is 0 Å². The molecule has 8 heteroatoms. The summed E-state index contributed by atoms with van der Waals surface area (Å²) in [4.78, 5) is 8.97. The first-order valence-corrected chi connectivity index (χ1v) is 9.17. The van der Waals surface area contributed by atoms with Crippen molar-refractivity contribution in [3.05, 3.63) is 35.2 Å². The number of nitrogens with zero attached hydrogens (tertiary/aromatic N) is 3. The number of halogens is 2. The smallest absolute Gasteiger partial charge is 0.202 e. The van der Waals surface area contributed by atoms with Crippen LogP contribution in [0, 0.1) is 11.7 Å². The minimum absolute atomic E-state index is 0.0571. The minimum Gasteiger partial charge on any atom is -0.366 e. The monoisotopic (exact) mass is 374 g/mol. The maximum absolute atomic E-state index is 14.3. The summed E-state index contributed by atoms with van der Waals surface area (Å²) in [5.41, 5.74) is 7.63. The van der Waals surface area contributed by atoms with Gasteiger partial charge < -0.3 is 11.1 Å². The van der Waals surface area contributed by atoms with Crippen LogP contribution in [0.15, 0.2) is 24.4 Å². The topological polar surface area (TPSA) is 92.5 Å². The van der Waals surface area contributed by atoms with Gasteiger partial charge in [-0.25, -0.2) is 14.4 Å². The first-order chi connectivity index (χ1) is 12.7. The summed E-state index contributed by atoms with van der Waals surface area (Å²) in [6.45, 7) is 0.661. The van der Waals surface area contributed by atoms with Crippen molar-refractivity contribution in [3.63, 3.8) is 0 Å². The number of benzene rings is 1. The Morgan fingerprint density at radius 1 is 1.31 bits per heavy atom. The lowest BCUT2D eigenvalue weighted by atomic mass is 9.84. The molecule has 1 aliphatic carbocycles. The standard InChI is InChI=1S/C18H20ClFN6/c19-12-6-3-5-11(15(12)20)16-17-18(26-25-16)24-14(9-22-17)23-13-7-2-1-4-10(13)8-21/h3,5-6,9-10,13H,1-2,4,7-8,21H2,(H2,23,24,25,26)/t10-,13-/m0/s1. The van der Waals surface area contributed by atoms with Gasteiger partial charge in [-0.15, -0.1) is 0 Å². The highest BCUT2D eigenvalue weighted by Gasteiger charge is 2.24. The van der Waals surface area contributed by atoms with Gasteiger partial charge in [0.15, 0.2) is 5.82 Å². The van der Waals surface area contributed by atoms with Crippen LogP contribution < -0.4 is 11.1 Å². The molecule has 4 rings (SSSR count). The second-order valence-electron chi connectivity index (χ2n) is 6.66. The average Bonchev–Trinajstić information content (AvgIpc) is 3.07. The van der Waals surface area contributed by atoms with Crippen LogP contribution in [0.5, 0.6) is 0 Å². The molecule has 0 amide bonds. The van der Waals surface area contributed by atoms with E-state index in [1.165, 1.54) is 18.9 Å². The summed E-state index contributed by atoms with van der Waals surface area (Å²) in [6, 6.07) is 5.12. The zero-order chi connectivity index (χ0) is 18.1. The number of aromatic nitrogens is 4. The Hall–Kier alpha value is -2.25. The summed E-state index contributed by atoms with van der Waals surface area (Å²) < 4.78 is 14.3. The molecule has 3 aromatic rings. The molecule has 2 aromatic heterocycles. The van der Waals surface area contributed by atoms with E-state index in [0.29, 0.717) is 46.7 Å². The van der Waals surface area contributed by atoms with Crippen LogP contribution in [0.3, 0.4) is 0 Å². The molecule has 0 saturated heterocycles. The average molecular weight is 375 g/mol. The lowest BCUT2D eigenvalue weighted by Crippen LogP contribution is -2.36. The van der Waals surface area contributed by atoms with Crippen molar-refractivity contribution < 1.29 is 4.39 Å². The number of hydrogen-bond donors (Lipinski definition) is 3. The number of nitrogens with one attached hydrogen (secondary N) is 2. The van der Waals surface area contributed by atoms with Crippen LogP contribution in [-0.4, -0.2) is 32.8 Å². The Morgan fingerprint density at radius 2 is 2.15 bits per heavy atom. The van der Waals surface area contributed by atoms with E-state index in [4.69, 9.17) is 17.3 Å². The molecular weight excluding hydrogens is 355 g/mol. The quantitative estimate of drug-likeness (QED) is 0.646. The van der Waals surface area contributed by atoms with Crippen molar-refractivity contribution in [1.82, 2.24) is 20.2 Å². The van der Waals surface area contributed by atoms with Crippen LogP contribution in [0.2, 0.25) is 5.02 Å². The fraction of sp³-hybridized carbons (Fsp3) is 0.389. The Balaban J connectivity index is 1.64. The second-order valence-corrected chi connectivity index (χ2v) is 7.07. The fourth-order valence-corrected chi connectivity index (χ4v) is 3.79. The zero-order valence-electron chi connectivity index (χ0n) is 14.2. The van der Waals surface area contributed by atoms with Gasteiger partial charge in [-0.1, -0.05) is 30.5 Å². The second kappa shape index (κ2) is 7.17. The van der Waals surface area contributed by atoms with Gasteiger partial charge in [0, 0.05) is 11.6 Å². The normalized spacial score (nSPS) is 20.4. The molecule has 136 valence electrons. The lowest BCUT2D eigenvalue weighted by molar-refractivity contribution is 0.332. The van der Waals surface area contributed by atoms with Gasteiger partial charge in [-0.05, 0) is 37.4 Å². The molecule has 1 aliphatic rings. The third-order valence-electron chi connectivity index (χ3n) is 5.03. The number of hydrogen-bond acceptors (Lipinski definition) is 5. The van der Waals surface area contributed by atoms with Gasteiger partial charge in [0.2, 0.25) is 5.65 Å². The highest BCUT2D eigenvalue weighted by molar-refractivity contribution is 6.31. The molecule has 6 nitrogen and oxygen atoms in total. The van der Waals surface area contributed by atoms with Crippen molar-refractivity contribution in [1.29, 1.82) is 0 Å². The zero-order valence-corrected chi connectivity index (χ0v) is 14.9. The molecule has 2 atom stereocenters. The number of H-pyrrole nitrogens is 1. The van der Waals surface area contributed by atoms with Gasteiger partial charge in [0.1, 0.15) is 11.3 Å². The number of rotatable bonds is 4. The first-order valence-electron chi connectivity index (χ1n) is 8.79. The Bertz CT molecular complexity index is 927. The molecule has 0 spiro atoms. The van der Waals surface area contributed by atoms with Crippen molar-refractivity contribution in [2.75, 3.05) is 11.9 Å². The highest BCUT2D eigenvalue weighted by atomic mass is 35.5. The van der Waals surface area contributed by atoms with Crippen molar-refractivity contribution in [3.8, 4) is 11.3 Å². The van der Waals surface area contributed by atoms with Crippen molar-refractivity contribution in [2.24, 2.45) is 11.7 Å². The molecule has 0 radical (unpaired) electrons. The Labute approximate surface area is 155 Å². The summed E-state index contributed by atoms with van der Waals surface area (Å²) in [6.07, 6.45) is 6.26. The van der Waals surface area contributed by atoms with E-state index in [1.54, 1.807) is 18.3 Å². The molecule has 2 heterocycles. The van der Waals surface area contributed by atoms with E-state index < -0.39 is 5.82 Å². The van der Waals surface area contributed by atoms with Crippen LogP contribution in [0.1, 0.15) is 25.7 Å². The number of anilines is 1. The largest absolute Gasteiger partial charge is 0.366 e. The molecule has 1 fully saturated rings. The molecule has 0 bridgehead atoms. The predicted molar refractivity (Wildman–Crippen MR) is 101 cm³/mol. The van der Waals surface area contributed by atoms with E-state index in [0.717, 1.165) is 12.8 Å². The lowest BCUT2D eigenvalue weighted by Gasteiger charge is -2.31.